The van der Waals surface area contributed by atoms with Gasteiger partial charge in [0.15, 0.2) is 0 Å². The summed E-state index contributed by atoms with van der Waals surface area (Å²) in [6, 6.07) is 10.2. The molecule has 0 saturated carbocycles. The van der Waals surface area contributed by atoms with E-state index in [-0.39, 0.29) is 11.8 Å². The van der Waals surface area contributed by atoms with Crippen LogP contribution in [0.5, 0.6) is 0 Å². The van der Waals surface area contributed by atoms with Crippen LogP contribution in [-0.4, -0.2) is 12.5 Å². The number of hydrogen-bond acceptors (Lipinski definition) is 1. The van der Waals surface area contributed by atoms with Gasteiger partial charge in [-0.3, -0.25) is 4.79 Å². The molecule has 14 heavy (non-hydrogen) atoms. The smallest absolute Gasteiger partial charge is 0.223 e. The van der Waals surface area contributed by atoms with E-state index in [1.165, 1.54) is 5.56 Å². The van der Waals surface area contributed by atoms with Crippen LogP contribution < -0.4 is 5.32 Å². The second-order valence-electron chi connectivity index (χ2n) is 3.89. The van der Waals surface area contributed by atoms with Crippen LogP contribution in [-0.2, 0) is 4.79 Å². The Bertz CT molecular complexity index is 320. The number of carbonyl (C=O) groups is 1. The van der Waals surface area contributed by atoms with Crippen LogP contribution in [0, 0.1) is 5.92 Å². The molecule has 2 heteroatoms. The minimum atomic E-state index is 0.164. The predicted octanol–water partition coefficient (Wildman–Crippen LogP) is 1.93. The van der Waals surface area contributed by atoms with Crippen molar-refractivity contribution in [2.45, 2.75) is 19.3 Å². The molecule has 0 aromatic heterocycles. The second kappa shape index (κ2) is 3.82. The highest BCUT2D eigenvalue weighted by atomic mass is 16.2. The number of nitrogens with one attached hydrogen (secondary N) is 1. The summed E-state index contributed by atoms with van der Waals surface area (Å²) in [5.41, 5.74) is 1.26. The van der Waals surface area contributed by atoms with Crippen LogP contribution in [0.15, 0.2) is 30.3 Å². The lowest BCUT2D eigenvalue weighted by Gasteiger charge is -2.16. The largest absolute Gasteiger partial charge is 0.356 e. The molecule has 2 rings (SSSR count). The molecule has 2 nitrogen and oxygen atoms in total. The van der Waals surface area contributed by atoms with Crippen molar-refractivity contribution in [2.75, 3.05) is 6.54 Å². The quantitative estimate of drug-likeness (QED) is 0.756. The van der Waals surface area contributed by atoms with Crippen LogP contribution >= 0.6 is 0 Å². The van der Waals surface area contributed by atoms with Gasteiger partial charge in [0.25, 0.3) is 0 Å². The van der Waals surface area contributed by atoms with E-state index in [0.717, 1.165) is 13.0 Å². The summed E-state index contributed by atoms with van der Waals surface area (Å²) in [4.78, 5) is 11.5. The highest BCUT2D eigenvalue weighted by Crippen LogP contribution is 2.28. The first-order valence-electron chi connectivity index (χ1n) is 5.11. The molecule has 1 aliphatic heterocycles. The van der Waals surface area contributed by atoms with Gasteiger partial charge in [0.2, 0.25) is 5.91 Å². The molecule has 1 saturated heterocycles. The Morgan fingerprint density at radius 3 is 2.64 bits per heavy atom. The predicted molar refractivity (Wildman–Crippen MR) is 56.0 cm³/mol. The van der Waals surface area contributed by atoms with Gasteiger partial charge in [0, 0.05) is 12.5 Å². The van der Waals surface area contributed by atoms with E-state index in [0.29, 0.717) is 5.92 Å². The van der Waals surface area contributed by atoms with E-state index in [4.69, 9.17) is 0 Å². The zero-order chi connectivity index (χ0) is 9.97. The topological polar surface area (TPSA) is 29.1 Å². The van der Waals surface area contributed by atoms with Crippen LogP contribution in [0.1, 0.15) is 24.8 Å². The Kier molecular flexibility index (Phi) is 2.53. The Hall–Kier alpha value is -1.31. The van der Waals surface area contributed by atoms with Crippen molar-refractivity contribution in [2.24, 2.45) is 5.92 Å². The Balaban J connectivity index is 2.16. The maximum Gasteiger partial charge on any atom is 0.223 e. The summed E-state index contributed by atoms with van der Waals surface area (Å²) in [6.07, 6.45) is 0.967. The van der Waals surface area contributed by atoms with Crippen LogP contribution in [0.4, 0.5) is 0 Å². The van der Waals surface area contributed by atoms with Gasteiger partial charge in [-0.05, 0) is 17.9 Å². The van der Waals surface area contributed by atoms with Crippen molar-refractivity contribution in [3.8, 4) is 0 Å². The van der Waals surface area contributed by atoms with Gasteiger partial charge >= 0.3 is 0 Å². The molecule has 1 aliphatic rings. The number of amides is 1. The molecule has 1 heterocycles. The number of rotatable bonds is 2. The lowest BCUT2D eigenvalue weighted by atomic mass is 9.87. The van der Waals surface area contributed by atoms with Crippen LogP contribution in [0.3, 0.4) is 0 Å². The van der Waals surface area contributed by atoms with Gasteiger partial charge in [0.05, 0.1) is 0 Å². The highest BCUT2D eigenvalue weighted by Gasteiger charge is 2.29. The summed E-state index contributed by atoms with van der Waals surface area (Å²) in [5, 5.41) is 2.88. The Labute approximate surface area is 84.3 Å². The van der Waals surface area contributed by atoms with Crippen LogP contribution in [0.25, 0.3) is 0 Å². The third-order valence-electron chi connectivity index (χ3n) is 3.02. The van der Waals surface area contributed by atoms with E-state index >= 15 is 0 Å². The van der Waals surface area contributed by atoms with E-state index in [2.05, 4.69) is 24.4 Å². The van der Waals surface area contributed by atoms with Gasteiger partial charge in [-0.15, -0.1) is 0 Å². The van der Waals surface area contributed by atoms with Crippen molar-refractivity contribution in [1.29, 1.82) is 0 Å². The third kappa shape index (κ3) is 1.65. The number of benzene rings is 1. The fourth-order valence-corrected chi connectivity index (χ4v) is 2.08. The van der Waals surface area contributed by atoms with Gasteiger partial charge < -0.3 is 5.32 Å². The van der Waals surface area contributed by atoms with Gasteiger partial charge in [0.1, 0.15) is 0 Å². The molecule has 1 N–H and O–H groups in total. The molecule has 0 unspecified atom stereocenters. The van der Waals surface area contributed by atoms with Crippen molar-refractivity contribution in [3.63, 3.8) is 0 Å². The molecule has 1 fully saturated rings. The lowest BCUT2D eigenvalue weighted by molar-refractivity contribution is -0.122. The van der Waals surface area contributed by atoms with Crippen molar-refractivity contribution in [1.82, 2.24) is 5.32 Å². The van der Waals surface area contributed by atoms with Gasteiger partial charge in [-0.1, -0.05) is 37.3 Å². The first kappa shape index (κ1) is 9.25. The molecule has 1 aromatic rings. The standard InChI is InChI=1S/C12H15NO/c1-9(10-5-3-2-4-6-10)11-7-8-13-12(11)14/h2-6,9,11H,7-8H2,1H3,(H,13,14)/t9-,11+/m1/s1. The van der Waals surface area contributed by atoms with Crippen molar-refractivity contribution in [3.05, 3.63) is 35.9 Å². The molecule has 1 aromatic carbocycles. The van der Waals surface area contributed by atoms with Gasteiger partial charge in [-0.2, -0.15) is 0 Å². The number of carbonyl (C=O) groups excluding carboxylic acids is 1. The maximum absolute atomic E-state index is 11.5. The summed E-state index contributed by atoms with van der Waals surface area (Å²) in [7, 11) is 0. The molecular weight excluding hydrogens is 174 g/mol. The van der Waals surface area contributed by atoms with Crippen LogP contribution in [0.2, 0.25) is 0 Å². The van der Waals surface area contributed by atoms with E-state index in [1.807, 2.05) is 18.2 Å². The van der Waals surface area contributed by atoms with Crippen molar-refractivity contribution >= 4 is 5.91 Å². The SMILES string of the molecule is C[C@H](c1ccccc1)[C@@H]1CCNC1=O. The third-order valence-corrected chi connectivity index (χ3v) is 3.02. The minimum absolute atomic E-state index is 0.164. The molecule has 0 radical (unpaired) electrons. The molecule has 0 spiro atoms. The average Bonchev–Trinajstić information content (AvgIpc) is 2.65. The zero-order valence-electron chi connectivity index (χ0n) is 8.36. The molecule has 2 atom stereocenters. The zero-order valence-corrected chi connectivity index (χ0v) is 8.36. The average molecular weight is 189 g/mol. The normalized spacial score (nSPS) is 23.2. The van der Waals surface area contributed by atoms with E-state index < -0.39 is 0 Å². The molecule has 0 bridgehead atoms. The second-order valence-corrected chi connectivity index (χ2v) is 3.89. The molecular formula is C12H15NO. The van der Waals surface area contributed by atoms with E-state index in [9.17, 15) is 4.79 Å². The highest BCUT2D eigenvalue weighted by molar-refractivity contribution is 5.81. The first-order valence-corrected chi connectivity index (χ1v) is 5.11. The molecule has 74 valence electrons. The molecule has 0 aliphatic carbocycles. The lowest BCUT2D eigenvalue weighted by Crippen LogP contribution is -2.22. The Morgan fingerprint density at radius 2 is 2.07 bits per heavy atom. The Morgan fingerprint density at radius 1 is 1.36 bits per heavy atom. The van der Waals surface area contributed by atoms with Crippen molar-refractivity contribution < 1.29 is 4.79 Å². The fraction of sp³-hybridized carbons (Fsp3) is 0.417. The monoisotopic (exact) mass is 189 g/mol. The first-order chi connectivity index (χ1) is 6.79. The minimum Gasteiger partial charge on any atom is -0.356 e. The van der Waals surface area contributed by atoms with Gasteiger partial charge in [-0.25, -0.2) is 0 Å². The van der Waals surface area contributed by atoms with E-state index in [1.54, 1.807) is 0 Å². The summed E-state index contributed by atoms with van der Waals surface area (Å²) in [6.45, 7) is 2.96. The maximum atomic E-state index is 11.5. The fourth-order valence-electron chi connectivity index (χ4n) is 2.08. The number of hydrogen-bond donors (Lipinski definition) is 1. The molecule has 1 amide bonds. The summed E-state index contributed by atoms with van der Waals surface area (Å²) >= 11 is 0. The summed E-state index contributed by atoms with van der Waals surface area (Å²) in [5.74, 6) is 0.706. The summed E-state index contributed by atoms with van der Waals surface area (Å²) < 4.78 is 0.